The lowest BCUT2D eigenvalue weighted by atomic mass is 10.0. The number of rotatable bonds is 5. The molecule has 0 bridgehead atoms. The Balaban J connectivity index is 1.52. The van der Waals surface area contributed by atoms with E-state index in [1.807, 2.05) is 6.20 Å². The van der Waals surface area contributed by atoms with Gasteiger partial charge in [0.1, 0.15) is 5.01 Å². The number of piperidine rings is 1. The van der Waals surface area contributed by atoms with Gasteiger partial charge in [0.25, 0.3) is 0 Å². The number of aromatic nitrogens is 1. The summed E-state index contributed by atoms with van der Waals surface area (Å²) in [7, 11) is 0. The lowest BCUT2D eigenvalue weighted by Crippen LogP contribution is -2.48. The van der Waals surface area contributed by atoms with Crippen molar-refractivity contribution in [3.05, 3.63) is 46.4 Å². The summed E-state index contributed by atoms with van der Waals surface area (Å²) in [6.45, 7) is 7.83. The van der Waals surface area contributed by atoms with Crippen LogP contribution in [0.15, 0.2) is 41.5 Å². The number of para-hydroxylation sites is 1. The minimum atomic E-state index is 0.468. The largest absolute Gasteiger partial charge is 0.371 e. The molecule has 0 radical (unpaired) electrons. The Morgan fingerprint density at radius 2 is 2.04 bits per heavy atom. The van der Waals surface area contributed by atoms with Crippen LogP contribution in [0.25, 0.3) is 0 Å². The maximum absolute atomic E-state index is 4.70. The van der Waals surface area contributed by atoms with Crippen LogP contribution < -0.4 is 15.5 Å². The average molecular weight is 358 g/mol. The summed E-state index contributed by atoms with van der Waals surface area (Å²) < 4.78 is 0. The van der Waals surface area contributed by atoms with Gasteiger partial charge in [-0.15, -0.1) is 11.3 Å². The number of aryl methyl sites for hydroxylation is 1. The lowest BCUT2D eigenvalue weighted by molar-refractivity contribution is 0.461. The molecule has 2 heterocycles. The highest BCUT2D eigenvalue weighted by atomic mass is 32.1. The molecule has 1 aliphatic rings. The SMILES string of the molecule is CCNC(=NCc1ncc(C)s1)NC1CCN(c2ccccc2)CC1. The first kappa shape index (κ1) is 17.7. The van der Waals surface area contributed by atoms with Crippen molar-refractivity contribution >= 4 is 23.0 Å². The number of hydrogen-bond donors (Lipinski definition) is 2. The third-order valence-corrected chi connectivity index (χ3v) is 5.24. The van der Waals surface area contributed by atoms with Crippen molar-refractivity contribution in [3.63, 3.8) is 0 Å². The smallest absolute Gasteiger partial charge is 0.191 e. The van der Waals surface area contributed by atoms with Gasteiger partial charge in [0.05, 0.1) is 6.54 Å². The molecule has 25 heavy (non-hydrogen) atoms. The zero-order chi connectivity index (χ0) is 17.5. The van der Waals surface area contributed by atoms with Crippen LogP contribution in [0.3, 0.4) is 0 Å². The molecule has 0 unspecified atom stereocenters. The van der Waals surface area contributed by atoms with E-state index >= 15 is 0 Å². The number of benzene rings is 1. The van der Waals surface area contributed by atoms with Gasteiger partial charge >= 0.3 is 0 Å². The molecule has 1 fully saturated rings. The van der Waals surface area contributed by atoms with E-state index in [-0.39, 0.29) is 0 Å². The first-order chi connectivity index (χ1) is 12.2. The highest BCUT2D eigenvalue weighted by Gasteiger charge is 2.20. The second-order valence-corrected chi connectivity index (χ2v) is 7.62. The Labute approximate surface area is 154 Å². The number of aliphatic imine (C=N–C) groups is 1. The molecule has 0 atom stereocenters. The number of nitrogens with one attached hydrogen (secondary N) is 2. The van der Waals surface area contributed by atoms with Gasteiger partial charge in [0.2, 0.25) is 0 Å². The maximum atomic E-state index is 4.70. The Morgan fingerprint density at radius 3 is 2.68 bits per heavy atom. The van der Waals surface area contributed by atoms with Crippen molar-refractivity contribution < 1.29 is 0 Å². The molecule has 1 aromatic heterocycles. The summed E-state index contributed by atoms with van der Waals surface area (Å²) in [5.41, 5.74) is 1.32. The Hall–Kier alpha value is -2.08. The van der Waals surface area contributed by atoms with Crippen molar-refractivity contribution in [3.8, 4) is 0 Å². The van der Waals surface area contributed by atoms with Crippen LogP contribution in [-0.2, 0) is 6.54 Å². The summed E-state index contributed by atoms with van der Waals surface area (Å²) in [5, 5.41) is 8.01. The first-order valence-electron chi connectivity index (χ1n) is 9.00. The van der Waals surface area contributed by atoms with Gasteiger partial charge in [0, 0.05) is 42.4 Å². The molecule has 134 valence electrons. The molecule has 1 aromatic carbocycles. The van der Waals surface area contributed by atoms with E-state index in [0.717, 1.165) is 43.4 Å². The van der Waals surface area contributed by atoms with Gasteiger partial charge in [-0.3, -0.25) is 0 Å². The molecule has 0 aliphatic carbocycles. The van der Waals surface area contributed by atoms with Gasteiger partial charge in [-0.05, 0) is 38.8 Å². The quantitative estimate of drug-likeness (QED) is 0.637. The second kappa shape index (κ2) is 8.85. The molecule has 2 N–H and O–H groups in total. The molecule has 5 nitrogen and oxygen atoms in total. The Morgan fingerprint density at radius 1 is 1.28 bits per heavy atom. The van der Waals surface area contributed by atoms with Crippen molar-refractivity contribution in [1.29, 1.82) is 0 Å². The summed E-state index contributed by atoms with van der Waals surface area (Å²) in [6.07, 6.45) is 4.15. The molecule has 0 saturated carbocycles. The van der Waals surface area contributed by atoms with Gasteiger partial charge in [-0.25, -0.2) is 9.98 Å². The van der Waals surface area contributed by atoms with Crippen LogP contribution in [0.1, 0.15) is 29.7 Å². The van der Waals surface area contributed by atoms with Crippen LogP contribution in [0.5, 0.6) is 0 Å². The monoisotopic (exact) mass is 357 g/mol. The molecule has 0 amide bonds. The van der Waals surface area contributed by atoms with Crippen LogP contribution in [0, 0.1) is 6.92 Å². The molecular weight excluding hydrogens is 330 g/mol. The second-order valence-electron chi connectivity index (χ2n) is 6.30. The number of anilines is 1. The van der Waals surface area contributed by atoms with Gasteiger partial charge in [-0.1, -0.05) is 18.2 Å². The summed E-state index contributed by atoms with van der Waals surface area (Å²) in [5.74, 6) is 0.897. The fraction of sp³-hybridized carbons (Fsp3) is 0.474. The van der Waals surface area contributed by atoms with E-state index in [2.05, 4.69) is 64.7 Å². The average Bonchev–Trinajstić information content (AvgIpc) is 3.07. The highest BCUT2D eigenvalue weighted by molar-refractivity contribution is 7.11. The van der Waals surface area contributed by atoms with Crippen LogP contribution in [-0.4, -0.2) is 36.6 Å². The van der Waals surface area contributed by atoms with E-state index in [1.165, 1.54) is 10.6 Å². The third kappa shape index (κ3) is 5.19. The van der Waals surface area contributed by atoms with Crippen molar-refractivity contribution in [2.24, 2.45) is 4.99 Å². The summed E-state index contributed by atoms with van der Waals surface area (Å²) in [6, 6.07) is 11.1. The molecular formula is C19H27N5S. The number of nitrogens with zero attached hydrogens (tertiary/aromatic N) is 3. The summed E-state index contributed by atoms with van der Waals surface area (Å²) in [4.78, 5) is 12.8. The topological polar surface area (TPSA) is 52.6 Å². The minimum absolute atomic E-state index is 0.468. The fourth-order valence-corrected chi connectivity index (χ4v) is 3.77. The van der Waals surface area contributed by atoms with E-state index < -0.39 is 0 Å². The van der Waals surface area contributed by atoms with Gasteiger partial charge in [0.15, 0.2) is 5.96 Å². The molecule has 3 rings (SSSR count). The van der Waals surface area contributed by atoms with E-state index in [0.29, 0.717) is 12.6 Å². The predicted molar refractivity (Wildman–Crippen MR) is 106 cm³/mol. The van der Waals surface area contributed by atoms with Crippen LogP contribution >= 0.6 is 11.3 Å². The predicted octanol–water partition coefficient (Wildman–Crippen LogP) is 3.18. The van der Waals surface area contributed by atoms with E-state index in [9.17, 15) is 0 Å². The fourth-order valence-electron chi connectivity index (χ4n) is 3.06. The van der Waals surface area contributed by atoms with E-state index in [1.54, 1.807) is 11.3 Å². The van der Waals surface area contributed by atoms with Crippen LogP contribution in [0.4, 0.5) is 5.69 Å². The molecule has 2 aromatic rings. The minimum Gasteiger partial charge on any atom is -0.371 e. The molecule has 0 spiro atoms. The van der Waals surface area contributed by atoms with Crippen molar-refractivity contribution in [1.82, 2.24) is 15.6 Å². The van der Waals surface area contributed by atoms with Gasteiger partial charge in [-0.2, -0.15) is 0 Å². The van der Waals surface area contributed by atoms with Crippen LogP contribution in [0.2, 0.25) is 0 Å². The molecule has 1 aliphatic heterocycles. The Bertz CT molecular complexity index is 674. The number of thiazole rings is 1. The zero-order valence-corrected chi connectivity index (χ0v) is 15.9. The third-order valence-electron chi connectivity index (χ3n) is 4.34. The van der Waals surface area contributed by atoms with Gasteiger partial charge < -0.3 is 15.5 Å². The van der Waals surface area contributed by atoms with Crippen molar-refractivity contribution in [2.45, 2.75) is 39.3 Å². The highest BCUT2D eigenvalue weighted by Crippen LogP contribution is 2.19. The zero-order valence-electron chi connectivity index (χ0n) is 15.0. The lowest BCUT2D eigenvalue weighted by Gasteiger charge is -2.34. The summed E-state index contributed by atoms with van der Waals surface area (Å²) >= 11 is 1.71. The first-order valence-corrected chi connectivity index (χ1v) is 9.82. The van der Waals surface area contributed by atoms with Crippen molar-refractivity contribution in [2.75, 3.05) is 24.5 Å². The van der Waals surface area contributed by atoms with E-state index in [4.69, 9.17) is 4.99 Å². The maximum Gasteiger partial charge on any atom is 0.191 e. The standard InChI is InChI=1S/C19H27N5S/c1-3-20-19(22-14-18-21-13-15(2)25-18)23-16-9-11-24(12-10-16)17-7-5-4-6-8-17/h4-8,13,16H,3,9-12,14H2,1-2H3,(H2,20,22,23). The Kier molecular flexibility index (Phi) is 6.28. The molecule has 1 saturated heterocycles. The molecule has 6 heteroatoms. The number of guanidine groups is 1. The normalized spacial score (nSPS) is 16.1. The number of hydrogen-bond acceptors (Lipinski definition) is 4.